The van der Waals surface area contributed by atoms with Crippen LogP contribution >= 0.6 is 0 Å². The van der Waals surface area contributed by atoms with Crippen molar-refractivity contribution in [2.45, 2.75) is 20.3 Å². The molecule has 1 amide bonds. The first-order chi connectivity index (χ1) is 13.4. The summed E-state index contributed by atoms with van der Waals surface area (Å²) in [5.74, 6) is 0.454. The quantitative estimate of drug-likeness (QED) is 0.562. The highest BCUT2D eigenvalue weighted by Gasteiger charge is 2.15. The van der Waals surface area contributed by atoms with Crippen LogP contribution in [-0.4, -0.2) is 35.4 Å². The van der Waals surface area contributed by atoms with E-state index in [2.05, 4.69) is 25.5 Å². The zero-order valence-electron chi connectivity index (χ0n) is 15.7. The van der Waals surface area contributed by atoms with Gasteiger partial charge in [-0.3, -0.25) is 19.3 Å². The van der Waals surface area contributed by atoms with E-state index in [1.165, 1.54) is 15.6 Å². The van der Waals surface area contributed by atoms with Gasteiger partial charge >= 0.3 is 0 Å². The Hall–Kier alpha value is -3.75. The van der Waals surface area contributed by atoms with Gasteiger partial charge in [-0.2, -0.15) is 19.9 Å². The molecule has 0 saturated carbocycles. The van der Waals surface area contributed by atoms with Gasteiger partial charge in [0.1, 0.15) is 11.2 Å². The maximum absolute atomic E-state index is 12.5. The molecule has 0 aliphatic heterocycles. The van der Waals surface area contributed by atoms with Gasteiger partial charge in [0, 0.05) is 13.1 Å². The molecule has 142 valence electrons. The van der Waals surface area contributed by atoms with Crippen molar-refractivity contribution in [3.8, 4) is 5.95 Å². The number of H-pyrrole nitrogens is 1. The number of carbonyl (C=O) groups is 1. The molecule has 0 atom stereocenters. The maximum atomic E-state index is 12.5. The number of fused-ring (bicyclic) bond motifs is 1. The van der Waals surface area contributed by atoms with Gasteiger partial charge in [0.15, 0.2) is 5.65 Å². The molecule has 0 radical (unpaired) electrons. The fraction of sp³-hybridized carbons (Fsp3) is 0.211. The Morgan fingerprint density at radius 2 is 2.07 bits per heavy atom. The Kier molecular flexibility index (Phi) is 4.26. The average molecular weight is 377 g/mol. The first kappa shape index (κ1) is 17.7. The van der Waals surface area contributed by atoms with Crippen molar-refractivity contribution in [2.24, 2.45) is 7.05 Å². The molecule has 9 heteroatoms. The predicted molar refractivity (Wildman–Crippen MR) is 105 cm³/mol. The van der Waals surface area contributed by atoms with E-state index < -0.39 is 0 Å². The number of hydrogen-bond donors (Lipinski definition) is 2. The number of anilines is 1. The van der Waals surface area contributed by atoms with Crippen molar-refractivity contribution in [3.63, 3.8) is 0 Å². The van der Waals surface area contributed by atoms with Gasteiger partial charge in [0.2, 0.25) is 11.9 Å². The van der Waals surface area contributed by atoms with Crippen molar-refractivity contribution in [1.29, 1.82) is 0 Å². The second-order valence-corrected chi connectivity index (χ2v) is 6.69. The van der Waals surface area contributed by atoms with Crippen molar-refractivity contribution in [3.05, 3.63) is 63.7 Å². The lowest BCUT2D eigenvalue weighted by Gasteiger charge is -2.08. The predicted octanol–water partition coefficient (Wildman–Crippen LogP) is 1.64. The van der Waals surface area contributed by atoms with E-state index in [1.807, 2.05) is 31.2 Å². The van der Waals surface area contributed by atoms with E-state index in [4.69, 9.17) is 0 Å². The van der Waals surface area contributed by atoms with Crippen molar-refractivity contribution in [2.75, 3.05) is 5.32 Å². The molecule has 0 aliphatic rings. The number of rotatable bonds is 4. The standard InChI is InChI=1S/C19H19N7O2/c1-11-5-4-6-13(7-11)9-16(27)21-15-8-12(2)24-26(15)19-22-17-14(18(28)23-19)10-20-25(17)3/h4-8,10H,9H2,1-3H3,(H,21,27)(H,22,23,28). The summed E-state index contributed by atoms with van der Waals surface area (Å²) in [5, 5.41) is 11.7. The molecule has 9 nitrogen and oxygen atoms in total. The van der Waals surface area contributed by atoms with E-state index in [-0.39, 0.29) is 23.8 Å². The summed E-state index contributed by atoms with van der Waals surface area (Å²) in [6.07, 6.45) is 1.69. The van der Waals surface area contributed by atoms with Gasteiger partial charge < -0.3 is 5.32 Å². The Labute approximate surface area is 160 Å². The first-order valence-electron chi connectivity index (χ1n) is 8.75. The number of aromatic nitrogens is 6. The summed E-state index contributed by atoms with van der Waals surface area (Å²) in [5.41, 5.74) is 2.81. The molecule has 0 unspecified atom stereocenters. The van der Waals surface area contributed by atoms with Gasteiger partial charge in [-0.15, -0.1) is 0 Å². The Bertz CT molecular complexity index is 1250. The summed E-state index contributed by atoms with van der Waals surface area (Å²) < 4.78 is 2.93. The zero-order valence-corrected chi connectivity index (χ0v) is 15.7. The third-order valence-electron chi connectivity index (χ3n) is 4.34. The number of nitrogens with one attached hydrogen (secondary N) is 2. The average Bonchev–Trinajstić information content (AvgIpc) is 3.18. The summed E-state index contributed by atoms with van der Waals surface area (Å²) >= 11 is 0. The smallest absolute Gasteiger partial charge is 0.263 e. The molecule has 2 N–H and O–H groups in total. The topological polar surface area (TPSA) is 110 Å². The van der Waals surface area contributed by atoms with Crippen molar-refractivity contribution in [1.82, 2.24) is 29.5 Å². The van der Waals surface area contributed by atoms with Gasteiger partial charge in [0.25, 0.3) is 5.56 Å². The van der Waals surface area contributed by atoms with E-state index in [1.54, 1.807) is 20.0 Å². The number of hydrogen-bond acceptors (Lipinski definition) is 5. The van der Waals surface area contributed by atoms with E-state index in [9.17, 15) is 9.59 Å². The third kappa shape index (κ3) is 3.29. The minimum Gasteiger partial charge on any atom is -0.310 e. The molecule has 0 saturated heterocycles. The molecule has 0 aliphatic carbocycles. The minimum absolute atomic E-state index is 0.185. The molecule has 3 heterocycles. The molecule has 0 bridgehead atoms. The Morgan fingerprint density at radius 1 is 1.25 bits per heavy atom. The van der Waals surface area contributed by atoms with Gasteiger partial charge in [-0.05, 0) is 19.4 Å². The normalized spacial score (nSPS) is 11.1. The van der Waals surface area contributed by atoms with Crippen molar-refractivity contribution >= 4 is 22.8 Å². The Balaban J connectivity index is 1.66. The fourth-order valence-electron chi connectivity index (χ4n) is 3.07. The number of aryl methyl sites for hydroxylation is 3. The molecule has 4 aromatic rings. The van der Waals surface area contributed by atoms with E-state index in [0.29, 0.717) is 22.5 Å². The van der Waals surface area contributed by atoms with Crippen LogP contribution in [-0.2, 0) is 18.3 Å². The van der Waals surface area contributed by atoms with Crippen molar-refractivity contribution < 1.29 is 4.79 Å². The molecule has 1 aromatic carbocycles. The van der Waals surface area contributed by atoms with Gasteiger partial charge in [0.05, 0.1) is 18.3 Å². The summed E-state index contributed by atoms with van der Waals surface area (Å²) in [6.45, 7) is 3.78. The van der Waals surface area contributed by atoms with Crippen LogP contribution in [0.2, 0.25) is 0 Å². The zero-order chi connectivity index (χ0) is 19.8. The molecule has 3 aromatic heterocycles. The lowest BCUT2D eigenvalue weighted by Crippen LogP contribution is -2.20. The van der Waals surface area contributed by atoms with Crippen LogP contribution in [0.3, 0.4) is 0 Å². The monoisotopic (exact) mass is 377 g/mol. The van der Waals surface area contributed by atoms with Crippen LogP contribution in [0.4, 0.5) is 5.82 Å². The SMILES string of the molecule is Cc1cccc(CC(=O)Nc2cc(C)nn2-c2nc3c(cnn3C)c(=O)[nH]2)c1. The second kappa shape index (κ2) is 6.76. The number of benzene rings is 1. The number of carbonyl (C=O) groups excluding carboxylic acids is 1. The highest BCUT2D eigenvalue weighted by atomic mass is 16.1. The summed E-state index contributed by atoms with van der Waals surface area (Å²) in [7, 11) is 1.71. The van der Waals surface area contributed by atoms with E-state index in [0.717, 1.165) is 11.1 Å². The van der Waals surface area contributed by atoms with Gasteiger partial charge in [-0.1, -0.05) is 29.8 Å². The highest BCUT2D eigenvalue weighted by molar-refractivity contribution is 5.91. The minimum atomic E-state index is -0.321. The van der Waals surface area contributed by atoms with Gasteiger partial charge in [-0.25, -0.2) is 0 Å². The summed E-state index contributed by atoms with van der Waals surface area (Å²) in [4.78, 5) is 32.0. The molecular formula is C19H19N7O2. The number of aromatic amines is 1. The number of nitrogens with zero attached hydrogens (tertiary/aromatic N) is 5. The van der Waals surface area contributed by atoms with E-state index >= 15 is 0 Å². The third-order valence-corrected chi connectivity index (χ3v) is 4.34. The van der Waals surface area contributed by atoms with Crippen LogP contribution < -0.4 is 10.9 Å². The second-order valence-electron chi connectivity index (χ2n) is 6.69. The maximum Gasteiger partial charge on any atom is 0.263 e. The molecule has 0 spiro atoms. The Morgan fingerprint density at radius 3 is 2.86 bits per heavy atom. The largest absolute Gasteiger partial charge is 0.310 e. The van der Waals surface area contributed by atoms with Crippen LogP contribution in [0.15, 0.2) is 41.3 Å². The van der Waals surface area contributed by atoms with Crippen LogP contribution in [0, 0.1) is 13.8 Å². The lowest BCUT2D eigenvalue weighted by molar-refractivity contribution is -0.115. The molecular weight excluding hydrogens is 358 g/mol. The van der Waals surface area contributed by atoms with Crippen LogP contribution in [0.1, 0.15) is 16.8 Å². The van der Waals surface area contributed by atoms with Crippen LogP contribution in [0.25, 0.3) is 17.0 Å². The molecule has 0 fully saturated rings. The summed E-state index contributed by atoms with van der Waals surface area (Å²) in [6, 6.07) is 9.50. The van der Waals surface area contributed by atoms with Crippen LogP contribution in [0.5, 0.6) is 0 Å². The highest BCUT2D eigenvalue weighted by Crippen LogP contribution is 2.16. The first-order valence-corrected chi connectivity index (χ1v) is 8.75. The molecule has 4 rings (SSSR count). The lowest BCUT2D eigenvalue weighted by atomic mass is 10.1. The molecule has 28 heavy (non-hydrogen) atoms. The fourth-order valence-corrected chi connectivity index (χ4v) is 3.07. The number of amides is 1.